The molecular formula is C25H24Cl2N4O3. The van der Waals surface area contributed by atoms with E-state index in [0.717, 1.165) is 27.7 Å². The third kappa shape index (κ3) is 4.85. The molecule has 4 aromatic rings. The molecule has 0 fully saturated rings. The maximum absolute atomic E-state index is 13.6. The summed E-state index contributed by atoms with van der Waals surface area (Å²) in [6, 6.07) is 18.7. The number of carbonyl (C=O) groups is 2. The Labute approximate surface area is 209 Å². The predicted octanol–water partition coefficient (Wildman–Crippen LogP) is 4.77. The molecule has 1 aromatic heterocycles. The van der Waals surface area contributed by atoms with Crippen LogP contribution in [0.4, 0.5) is 5.69 Å². The van der Waals surface area contributed by atoms with Gasteiger partial charge in [0, 0.05) is 37.1 Å². The molecule has 0 saturated heterocycles. The summed E-state index contributed by atoms with van der Waals surface area (Å²) in [6.45, 7) is 2.08. The van der Waals surface area contributed by atoms with Crippen LogP contribution in [-0.4, -0.2) is 44.9 Å². The Morgan fingerprint density at radius 3 is 2.56 bits per heavy atom. The van der Waals surface area contributed by atoms with Gasteiger partial charge in [-0.15, -0.1) is 24.8 Å². The van der Waals surface area contributed by atoms with Crippen molar-refractivity contribution in [3.8, 4) is 0 Å². The van der Waals surface area contributed by atoms with Gasteiger partial charge in [0.15, 0.2) is 0 Å². The molecule has 1 amide bonds. The van der Waals surface area contributed by atoms with Gasteiger partial charge < -0.3 is 19.9 Å². The fourth-order valence-corrected chi connectivity index (χ4v) is 4.30. The van der Waals surface area contributed by atoms with E-state index >= 15 is 0 Å². The van der Waals surface area contributed by atoms with Crippen molar-refractivity contribution in [3.63, 3.8) is 0 Å². The highest BCUT2D eigenvalue weighted by atomic mass is 35.5. The number of H-pyrrole nitrogens is 1. The average Bonchev–Trinajstić information content (AvgIpc) is 3.26. The number of carboxylic acid groups (broad SMARTS) is 1. The number of hydrogen-bond acceptors (Lipinski definition) is 4. The molecular weight excluding hydrogens is 475 g/mol. The molecule has 1 aliphatic rings. The van der Waals surface area contributed by atoms with Crippen molar-refractivity contribution in [2.75, 3.05) is 18.0 Å². The zero-order valence-electron chi connectivity index (χ0n) is 18.2. The van der Waals surface area contributed by atoms with Crippen LogP contribution in [0.1, 0.15) is 32.0 Å². The molecule has 34 heavy (non-hydrogen) atoms. The molecule has 0 aliphatic carbocycles. The first-order valence-electron chi connectivity index (χ1n) is 10.5. The molecule has 2 N–H and O–H groups in total. The van der Waals surface area contributed by atoms with Gasteiger partial charge in [-0.3, -0.25) is 4.79 Å². The third-order valence-electron chi connectivity index (χ3n) is 5.89. The molecule has 0 bridgehead atoms. The van der Waals surface area contributed by atoms with Crippen molar-refractivity contribution in [3.05, 3.63) is 95.6 Å². The van der Waals surface area contributed by atoms with E-state index in [-0.39, 0.29) is 36.3 Å². The maximum Gasteiger partial charge on any atom is 0.335 e. The Morgan fingerprint density at radius 2 is 1.79 bits per heavy atom. The molecule has 0 radical (unpaired) electrons. The number of aromatic nitrogens is 2. The lowest BCUT2D eigenvalue weighted by Gasteiger charge is -2.24. The molecule has 176 valence electrons. The third-order valence-corrected chi connectivity index (χ3v) is 5.89. The fourth-order valence-electron chi connectivity index (χ4n) is 4.30. The minimum absolute atomic E-state index is 0. The molecule has 0 saturated carbocycles. The van der Waals surface area contributed by atoms with Crippen LogP contribution < -0.4 is 4.90 Å². The van der Waals surface area contributed by atoms with Crippen LogP contribution in [0.5, 0.6) is 0 Å². The summed E-state index contributed by atoms with van der Waals surface area (Å²) in [5.41, 5.74) is 3.56. The maximum atomic E-state index is 13.6. The van der Waals surface area contributed by atoms with Crippen molar-refractivity contribution in [2.24, 2.45) is 0 Å². The normalized spacial score (nSPS) is 12.8. The van der Waals surface area contributed by atoms with Gasteiger partial charge in [-0.05, 0) is 40.6 Å². The molecule has 5 rings (SSSR count). The van der Waals surface area contributed by atoms with E-state index in [2.05, 4.69) is 14.9 Å². The monoisotopic (exact) mass is 498 g/mol. The molecule has 3 aromatic carbocycles. The molecule has 7 nitrogen and oxygen atoms in total. The molecule has 2 heterocycles. The topological polar surface area (TPSA) is 89.5 Å². The number of imidazole rings is 1. The second-order valence-electron chi connectivity index (χ2n) is 7.90. The van der Waals surface area contributed by atoms with Gasteiger partial charge in [0.1, 0.15) is 0 Å². The van der Waals surface area contributed by atoms with Crippen LogP contribution in [0.15, 0.2) is 73.2 Å². The van der Waals surface area contributed by atoms with Gasteiger partial charge in [0.05, 0.1) is 24.1 Å². The number of aromatic carboxylic acids is 1. The summed E-state index contributed by atoms with van der Waals surface area (Å²) >= 11 is 0. The van der Waals surface area contributed by atoms with E-state index in [1.807, 2.05) is 48.5 Å². The summed E-state index contributed by atoms with van der Waals surface area (Å²) in [6.07, 6.45) is 3.41. The van der Waals surface area contributed by atoms with Crippen molar-refractivity contribution in [1.82, 2.24) is 14.9 Å². The number of nitrogens with one attached hydrogen (secondary N) is 1. The van der Waals surface area contributed by atoms with Crippen molar-refractivity contribution in [2.45, 2.75) is 13.1 Å². The van der Waals surface area contributed by atoms with Crippen LogP contribution >= 0.6 is 24.8 Å². The Balaban J connectivity index is 0.00000162. The first kappa shape index (κ1) is 25.1. The van der Waals surface area contributed by atoms with Gasteiger partial charge in [-0.1, -0.05) is 36.4 Å². The number of rotatable bonds is 4. The van der Waals surface area contributed by atoms with Crippen LogP contribution in [-0.2, 0) is 13.1 Å². The van der Waals surface area contributed by atoms with E-state index in [1.54, 1.807) is 29.6 Å². The van der Waals surface area contributed by atoms with Gasteiger partial charge in [-0.2, -0.15) is 0 Å². The lowest BCUT2D eigenvalue weighted by molar-refractivity contribution is 0.0696. The van der Waals surface area contributed by atoms with Gasteiger partial charge in [0.2, 0.25) is 0 Å². The van der Waals surface area contributed by atoms with Crippen LogP contribution in [0.3, 0.4) is 0 Å². The minimum atomic E-state index is -0.982. The zero-order valence-corrected chi connectivity index (χ0v) is 19.8. The number of carboxylic acids is 1. The fraction of sp³-hybridized carbons (Fsp3) is 0.160. The smallest absolute Gasteiger partial charge is 0.335 e. The number of halogens is 2. The quantitative estimate of drug-likeness (QED) is 0.423. The summed E-state index contributed by atoms with van der Waals surface area (Å²) in [4.78, 5) is 36.4. The summed E-state index contributed by atoms with van der Waals surface area (Å²) < 4.78 is 0. The van der Waals surface area contributed by atoms with Crippen molar-refractivity contribution in [1.29, 1.82) is 0 Å². The summed E-state index contributed by atoms with van der Waals surface area (Å²) in [5.74, 6) is -1.04. The van der Waals surface area contributed by atoms with E-state index in [9.17, 15) is 14.7 Å². The SMILES string of the molecule is Cl.Cl.O=C(O)c1ccc2c(c1)CN(C(=O)c1cccc3ccccc13)CCN2Cc1cnc[nH]1. The van der Waals surface area contributed by atoms with Crippen molar-refractivity contribution < 1.29 is 14.7 Å². The second-order valence-corrected chi connectivity index (χ2v) is 7.90. The average molecular weight is 499 g/mol. The van der Waals surface area contributed by atoms with E-state index in [1.165, 1.54) is 0 Å². The molecule has 1 aliphatic heterocycles. The number of aromatic amines is 1. The standard InChI is InChI=1S/C25H22N4O3.2ClH/c30-24(22-7-3-5-17-4-1-2-6-21(17)22)29-11-10-28(15-20-13-26-16-27-20)23-9-8-18(25(31)32)12-19(23)14-29;;/h1-9,12-13,16H,10-11,14-15H2,(H,26,27)(H,31,32);2*1H. The first-order valence-corrected chi connectivity index (χ1v) is 10.5. The number of amides is 1. The van der Waals surface area contributed by atoms with E-state index in [4.69, 9.17) is 0 Å². The Bertz CT molecular complexity index is 1310. The number of fused-ring (bicyclic) bond motifs is 2. The van der Waals surface area contributed by atoms with Gasteiger partial charge in [0.25, 0.3) is 5.91 Å². The number of carbonyl (C=O) groups excluding carboxylic acids is 1. The van der Waals surface area contributed by atoms with Crippen LogP contribution in [0.2, 0.25) is 0 Å². The van der Waals surface area contributed by atoms with Crippen LogP contribution in [0.25, 0.3) is 10.8 Å². The highest BCUT2D eigenvalue weighted by Crippen LogP contribution is 2.29. The Hall–Kier alpha value is -3.55. The molecule has 0 unspecified atom stereocenters. The number of nitrogens with zero attached hydrogens (tertiary/aromatic N) is 3. The number of benzene rings is 3. The lowest BCUT2D eigenvalue weighted by Crippen LogP contribution is -2.35. The number of hydrogen-bond donors (Lipinski definition) is 2. The molecule has 0 atom stereocenters. The first-order chi connectivity index (χ1) is 15.6. The van der Waals surface area contributed by atoms with E-state index in [0.29, 0.717) is 31.7 Å². The predicted molar refractivity (Wildman–Crippen MR) is 136 cm³/mol. The number of anilines is 1. The lowest BCUT2D eigenvalue weighted by atomic mass is 10.0. The second kappa shape index (κ2) is 10.6. The largest absolute Gasteiger partial charge is 0.478 e. The van der Waals surface area contributed by atoms with Crippen LogP contribution in [0, 0.1) is 0 Å². The minimum Gasteiger partial charge on any atom is -0.478 e. The summed E-state index contributed by atoms with van der Waals surface area (Å²) in [7, 11) is 0. The highest BCUT2D eigenvalue weighted by molar-refractivity contribution is 6.07. The highest BCUT2D eigenvalue weighted by Gasteiger charge is 2.26. The zero-order chi connectivity index (χ0) is 22.1. The molecule has 0 spiro atoms. The summed E-state index contributed by atoms with van der Waals surface area (Å²) in [5, 5.41) is 11.4. The van der Waals surface area contributed by atoms with E-state index < -0.39 is 5.97 Å². The Kier molecular flexibility index (Phi) is 7.81. The Morgan fingerprint density at radius 1 is 1.00 bits per heavy atom. The molecule has 9 heteroatoms. The van der Waals surface area contributed by atoms with Gasteiger partial charge in [-0.25, -0.2) is 9.78 Å². The van der Waals surface area contributed by atoms with Crippen molar-refractivity contribution >= 4 is 53.2 Å². The van der Waals surface area contributed by atoms with Gasteiger partial charge >= 0.3 is 5.97 Å².